The van der Waals surface area contributed by atoms with Crippen LogP contribution in [0.3, 0.4) is 0 Å². The number of hydrogen-bond acceptors (Lipinski definition) is 6. The average molecular weight is 422 g/mol. The predicted molar refractivity (Wildman–Crippen MR) is 106 cm³/mol. The van der Waals surface area contributed by atoms with Crippen LogP contribution in [0, 0.1) is 0 Å². The maximum absolute atomic E-state index is 13.0. The van der Waals surface area contributed by atoms with Crippen molar-refractivity contribution in [2.75, 3.05) is 25.6 Å². The van der Waals surface area contributed by atoms with E-state index in [2.05, 4.69) is 10.3 Å². The van der Waals surface area contributed by atoms with Crippen molar-refractivity contribution in [1.29, 1.82) is 0 Å². The van der Waals surface area contributed by atoms with Gasteiger partial charge in [0.2, 0.25) is 0 Å². The topological polar surface area (TPSA) is 80.8 Å². The van der Waals surface area contributed by atoms with Gasteiger partial charge in [-0.1, -0.05) is 22.9 Å². The van der Waals surface area contributed by atoms with E-state index in [0.29, 0.717) is 47.6 Å². The number of carbonyl (C=O) groups excluding carboxylic acids is 2. The third kappa shape index (κ3) is 3.85. The number of ether oxygens (including phenoxy) is 2. The number of halogens is 1. The summed E-state index contributed by atoms with van der Waals surface area (Å²) in [5.41, 5.74) is 1.37. The molecule has 0 saturated carbocycles. The minimum Gasteiger partial charge on any atom is -0.496 e. The molecule has 1 N–H and O–H groups in total. The molecule has 1 unspecified atom stereocenters. The average Bonchev–Trinajstić information content (AvgIpc) is 3.36. The fourth-order valence-corrected chi connectivity index (χ4v) is 4.61. The summed E-state index contributed by atoms with van der Waals surface area (Å²) in [6.45, 7) is 1.61. The second kappa shape index (κ2) is 8.06. The second-order valence-electron chi connectivity index (χ2n) is 6.70. The molecule has 0 bridgehead atoms. The van der Waals surface area contributed by atoms with E-state index in [0.717, 1.165) is 23.4 Å². The fraction of sp³-hybridized carbons (Fsp3) is 0.421. The van der Waals surface area contributed by atoms with E-state index in [1.807, 2.05) is 0 Å². The Hall–Kier alpha value is -2.16. The van der Waals surface area contributed by atoms with Gasteiger partial charge in [-0.25, -0.2) is 4.98 Å². The molecule has 4 rings (SSSR count). The summed E-state index contributed by atoms with van der Waals surface area (Å²) in [7, 11) is 1.53. The van der Waals surface area contributed by atoms with Gasteiger partial charge in [0.25, 0.3) is 11.8 Å². The predicted octanol–water partition coefficient (Wildman–Crippen LogP) is 3.12. The van der Waals surface area contributed by atoms with Crippen molar-refractivity contribution >= 4 is 39.9 Å². The van der Waals surface area contributed by atoms with Crippen LogP contribution >= 0.6 is 22.9 Å². The highest BCUT2D eigenvalue weighted by Crippen LogP contribution is 2.31. The molecule has 148 valence electrons. The number of aromatic nitrogens is 1. The molecule has 2 aromatic rings. The zero-order valence-electron chi connectivity index (χ0n) is 15.4. The van der Waals surface area contributed by atoms with Crippen LogP contribution in [0.15, 0.2) is 18.2 Å². The van der Waals surface area contributed by atoms with Crippen LogP contribution in [-0.4, -0.2) is 48.1 Å². The van der Waals surface area contributed by atoms with Crippen molar-refractivity contribution < 1.29 is 19.1 Å². The lowest BCUT2D eigenvalue weighted by atomic mass is 10.1. The molecule has 9 heteroatoms. The maximum Gasteiger partial charge on any atom is 0.258 e. The first kappa shape index (κ1) is 19.2. The molecule has 1 saturated heterocycles. The Labute approximate surface area is 171 Å². The summed E-state index contributed by atoms with van der Waals surface area (Å²) < 4.78 is 10.7. The first-order chi connectivity index (χ1) is 13.5. The van der Waals surface area contributed by atoms with Gasteiger partial charge in [-0.15, -0.1) is 0 Å². The van der Waals surface area contributed by atoms with E-state index < -0.39 is 6.10 Å². The number of hydrogen-bond donors (Lipinski definition) is 1. The van der Waals surface area contributed by atoms with E-state index in [1.54, 1.807) is 23.1 Å². The van der Waals surface area contributed by atoms with E-state index in [4.69, 9.17) is 21.1 Å². The number of carbonyl (C=O) groups is 2. The van der Waals surface area contributed by atoms with Crippen molar-refractivity contribution in [3.8, 4) is 5.75 Å². The second-order valence-corrected chi connectivity index (χ2v) is 8.22. The lowest BCUT2D eigenvalue weighted by Crippen LogP contribution is -2.35. The van der Waals surface area contributed by atoms with Crippen LogP contribution in [0.4, 0.5) is 5.13 Å². The highest BCUT2D eigenvalue weighted by atomic mass is 35.5. The summed E-state index contributed by atoms with van der Waals surface area (Å²) in [6, 6.07) is 5.01. The number of nitrogens with one attached hydrogen (secondary N) is 1. The van der Waals surface area contributed by atoms with Crippen LogP contribution < -0.4 is 10.1 Å². The molecular weight excluding hydrogens is 402 g/mol. The number of methoxy groups -OCH3 is 1. The standard InChI is InChI=1S/C19H20ClN3O4S/c1-26-14-5-4-11(20)9-12(14)18(25)23-7-6-13-16(10-23)28-19(21-13)22-17(24)15-3-2-8-27-15/h4-5,9,15H,2-3,6-8,10H2,1H3,(H,21,22,24). The quantitative estimate of drug-likeness (QED) is 0.820. The number of rotatable bonds is 4. The number of anilines is 1. The third-order valence-corrected chi connectivity index (χ3v) is 6.10. The van der Waals surface area contributed by atoms with Crippen molar-refractivity contribution in [3.63, 3.8) is 0 Å². The Balaban J connectivity index is 1.47. The normalized spacial score (nSPS) is 18.6. The molecular formula is C19H20ClN3O4S. The van der Waals surface area contributed by atoms with Crippen LogP contribution in [0.2, 0.25) is 5.02 Å². The summed E-state index contributed by atoms with van der Waals surface area (Å²) in [6.07, 6.45) is 1.88. The van der Waals surface area contributed by atoms with E-state index in [1.165, 1.54) is 18.4 Å². The Morgan fingerprint density at radius 2 is 2.29 bits per heavy atom. The molecule has 3 heterocycles. The highest BCUT2D eigenvalue weighted by Gasteiger charge is 2.28. The number of nitrogens with zero attached hydrogens (tertiary/aromatic N) is 2. The Morgan fingerprint density at radius 3 is 3.04 bits per heavy atom. The highest BCUT2D eigenvalue weighted by molar-refractivity contribution is 7.15. The monoisotopic (exact) mass is 421 g/mol. The lowest BCUT2D eigenvalue weighted by Gasteiger charge is -2.26. The lowest BCUT2D eigenvalue weighted by molar-refractivity contribution is -0.124. The molecule has 2 aliphatic rings. The molecule has 0 aliphatic carbocycles. The van der Waals surface area contributed by atoms with Gasteiger partial charge in [0.05, 0.1) is 24.9 Å². The SMILES string of the molecule is COc1ccc(Cl)cc1C(=O)N1CCc2nc(NC(=O)C3CCCO3)sc2C1. The number of thiazole rings is 1. The summed E-state index contributed by atoms with van der Waals surface area (Å²) in [5, 5.41) is 3.89. The molecule has 1 aromatic carbocycles. The molecule has 7 nitrogen and oxygen atoms in total. The molecule has 0 radical (unpaired) electrons. The number of benzene rings is 1. The largest absolute Gasteiger partial charge is 0.496 e. The van der Waals surface area contributed by atoms with Crippen molar-refractivity contribution in [2.45, 2.75) is 31.9 Å². The number of amides is 2. The maximum atomic E-state index is 13.0. The Kier molecular flexibility index (Phi) is 5.52. The third-order valence-electron chi connectivity index (χ3n) is 4.86. The van der Waals surface area contributed by atoms with Crippen molar-refractivity contribution in [1.82, 2.24) is 9.88 Å². The van der Waals surface area contributed by atoms with Crippen LogP contribution in [0.5, 0.6) is 5.75 Å². The summed E-state index contributed by atoms with van der Waals surface area (Å²) in [5.74, 6) is 0.206. The molecule has 2 aliphatic heterocycles. The van der Waals surface area contributed by atoms with Gasteiger partial charge >= 0.3 is 0 Å². The minimum atomic E-state index is -0.394. The Bertz CT molecular complexity index is 911. The molecule has 28 heavy (non-hydrogen) atoms. The van der Waals surface area contributed by atoms with E-state index in [-0.39, 0.29) is 11.8 Å². The van der Waals surface area contributed by atoms with E-state index >= 15 is 0 Å². The van der Waals surface area contributed by atoms with Gasteiger partial charge in [-0.3, -0.25) is 14.9 Å². The summed E-state index contributed by atoms with van der Waals surface area (Å²) in [4.78, 5) is 32.5. The van der Waals surface area contributed by atoms with Gasteiger partial charge in [-0.2, -0.15) is 0 Å². The Morgan fingerprint density at radius 1 is 1.43 bits per heavy atom. The van der Waals surface area contributed by atoms with Gasteiger partial charge in [0.1, 0.15) is 11.9 Å². The first-order valence-electron chi connectivity index (χ1n) is 9.09. The van der Waals surface area contributed by atoms with Gasteiger partial charge in [-0.05, 0) is 31.0 Å². The molecule has 1 aromatic heterocycles. The van der Waals surface area contributed by atoms with Crippen molar-refractivity contribution in [2.24, 2.45) is 0 Å². The van der Waals surface area contributed by atoms with Gasteiger partial charge in [0.15, 0.2) is 5.13 Å². The molecule has 1 fully saturated rings. The molecule has 1 atom stereocenters. The minimum absolute atomic E-state index is 0.136. The van der Waals surface area contributed by atoms with Crippen LogP contribution in [0.25, 0.3) is 0 Å². The first-order valence-corrected chi connectivity index (χ1v) is 10.3. The zero-order chi connectivity index (χ0) is 19.7. The van der Waals surface area contributed by atoms with E-state index in [9.17, 15) is 9.59 Å². The van der Waals surface area contributed by atoms with Crippen LogP contribution in [-0.2, 0) is 22.5 Å². The number of fused-ring (bicyclic) bond motifs is 1. The zero-order valence-corrected chi connectivity index (χ0v) is 16.9. The fourth-order valence-electron chi connectivity index (χ4n) is 3.41. The molecule has 2 amide bonds. The van der Waals surface area contributed by atoms with Crippen molar-refractivity contribution in [3.05, 3.63) is 39.4 Å². The van der Waals surface area contributed by atoms with Gasteiger partial charge in [0, 0.05) is 29.5 Å². The van der Waals surface area contributed by atoms with Gasteiger partial charge < -0.3 is 14.4 Å². The van der Waals surface area contributed by atoms with Crippen LogP contribution in [0.1, 0.15) is 33.8 Å². The smallest absolute Gasteiger partial charge is 0.258 e. The summed E-state index contributed by atoms with van der Waals surface area (Å²) >= 11 is 7.46. The molecule has 0 spiro atoms.